The molecule has 0 aromatic carbocycles. The van der Waals surface area contributed by atoms with Gasteiger partial charge in [0.25, 0.3) is 10.1 Å². The van der Waals surface area contributed by atoms with Gasteiger partial charge in [0.1, 0.15) is 12.2 Å². The molecule has 2 unspecified atom stereocenters. The fourth-order valence-electron chi connectivity index (χ4n) is 6.91. The van der Waals surface area contributed by atoms with Crippen LogP contribution in [0.1, 0.15) is 182 Å². The van der Waals surface area contributed by atoms with Crippen LogP contribution in [0.4, 0.5) is 0 Å². The summed E-state index contributed by atoms with van der Waals surface area (Å²) in [5, 5.41) is 0. The molecule has 0 aromatic rings. The lowest BCUT2D eigenvalue weighted by Crippen LogP contribution is -2.45. The lowest BCUT2D eigenvalue weighted by Gasteiger charge is -2.33. The summed E-state index contributed by atoms with van der Waals surface area (Å²) >= 11 is 0. The second-order valence-corrected chi connectivity index (χ2v) is 17.1. The number of esters is 2. The summed E-state index contributed by atoms with van der Waals surface area (Å²) in [7, 11) is 0.188. The highest BCUT2D eigenvalue weighted by Crippen LogP contribution is 2.18. The van der Waals surface area contributed by atoms with Gasteiger partial charge in [0.2, 0.25) is 0 Å². The maximum atomic E-state index is 12.1. The minimum Gasteiger partial charge on any atom is -0.461 e. The molecule has 0 aliphatic heterocycles. The van der Waals surface area contributed by atoms with Gasteiger partial charge in [0.15, 0.2) is 0 Å². The fourth-order valence-corrected chi connectivity index (χ4v) is 7.40. The molecule has 10 heteroatoms. The van der Waals surface area contributed by atoms with Gasteiger partial charge in [0.05, 0.1) is 32.9 Å². The van der Waals surface area contributed by atoms with Crippen molar-refractivity contribution in [2.75, 3.05) is 52.6 Å². The van der Waals surface area contributed by atoms with E-state index in [1.807, 2.05) is 0 Å². The SMILES string of the molecule is CCCCCCCCCCCCC(CN(CCC[N+](C)(C)CCCS(=O)(=O)O)CC(CCCCCCCCCCCC)OC(C)=O)OC(C)=O. The average Bonchev–Trinajstić information content (AvgIpc) is 3.01. The molecule has 0 aliphatic rings. The Morgan fingerprint density at radius 3 is 1.26 bits per heavy atom. The van der Waals surface area contributed by atoms with Crippen LogP contribution in [-0.4, -0.2) is 99.1 Å². The minimum atomic E-state index is -3.97. The Hall–Kier alpha value is -1.23. The predicted octanol–water partition coefficient (Wildman–Crippen LogP) is 9.52. The van der Waals surface area contributed by atoms with Gasteiger partial charge in [-0.1, -0.05) is 129 Å². The van der Waals surface area contributed by atoms with Gasteiger partial charge in [-0.15, -0.1) is 0 Å². The number of nitrogens with zero attached hydrogens (tertiary/aromatic N) is 2. The lowest BCUT2D eigenvalue weighted by atomic mass is 10.0. The molecule has 0 saturated carbocycles. The summed E-state index contributed by atoms with van der Waals surface area (Å²) in [5.41, 5.74) is 0. The van der Waals surface area contributed by atoms with Gasteiger partial charge < -0.3 is 14.0 Å². The Labute approximate surface area is 309 Å². The Kier molecular flexibility index (Phi) is 30.5. The molecule has 9 nitrogen and oxygen atoms in total. The molecule has 0 radical (unpaired) electrons. The van der Waals surface area contributed by atoms with Gasteiger partial charge in [-0.3, -0.25) is 19.0 Å². The van der Waals surface area contributed by atoms with Crippen molar-refractivity contribution in [3.8, 4) is 0 Å². The Balaban J connectivity index is 5.24. The smallest absolute Gasteiger partial charge is 0.302 e. The maximum Gasteiger partial charge on any atom is 0.302 e. The average molecular weight is 734 g/mol. The van der Waals surface area contributed by atoms with Crippen molar-refractivity contribution in [1.29, 1.82) is 0 Å². The quantitative estimate of drug-likeness (QED) is 0.0294. The second-order valence-electron chi connectivity index (χ2n) is 15.5. The molecule has 0 fully saturated rings. The summed E-state index contributed by atoms with van der Waals surface area (Å²) in [6, 6.07) is 0. The van der Waals surface area contributed by atoms with E-state index in [2.05, 4.69) is 32.8 Å². The number of unbranched alkanes of at least 4 members (excludes halogenated alkanes) is 18. The topological polar surface area (TPSA) is 110 Å². The first-order valence-corrected chi connectivity index (χ1v) is 22.2. The summed E-state index contributed by atoms with van der Waals surface area (Å²) in [5.74, 6) is -0.756. The summed E-state index contributed by atoms with van der Waals surface area (Å²) in [6.07, 6.45) is 27.6. The van der Waals surface area contributed by atoms with E-state index in [1.54, 1.807) is 0 Å². The standard InChI is InChI=1S/C40H80N2O7S/c1-7-9-11-13-15-17-19-21-23-25-29-39(48-37(3)43)35-41(31-27-32-42(5,6)33-28-34-50(45,46)47)36-40(49-38(4)44)30-26-24-22-20-18-16-14-12-10-8-2/h39-40H,7-36H2,1-6H3/p+1. The zero-order valence-electron chi connectivity index (χ0n) is 33.6. The normalized spacial score (nSPS) is 13.4. The van der Waals surface area contributed by atoms with Crippen LogP contribution in [0, 0.1) is 0 Å². The molecule has 0 saturated heterocycles. The Morgan fingerprint density at radius 1 is 0.580 bits per heavy atom. The number of ether oxygens (including phenoxy) is 2. The zero-order chi connectivity index (χ0) is 37.5. The highest BCUT2D eigenvalue weighted by atomic mass is 32.2. The van der Waals surface area contributed by atoms with E-state index in [-0.39, 0.29) is 29.9 Å². The third kappa shape index (κ3) is 33.9. The van der Waals surface area contributed by atoms with E-state index in [1.165, 1.54) is 117 Å². The first kappa shape index (κ1) is 48.8. The van der Waals surface area contributed by atoms with Crippen molar-refractivity contribution in [3.05, 3.63) is 0 Å². The van der Waals surface area contributed by atoms with Crippen molar-refractivity contribution >= 4 is 22.1 Å². The molecule has 0 aromatic heterocycles. The molecule has 0 spiro atoms. The number of carbonyl (C=O) groups is 2. The van der Waals surface area contributed by atoms with Gasteiger partial charge in [0, 0.05) is 46.3 Å². The molecule has 0 aliphatic carbocycles. The maximum absolute atomic E-state index is 12.1. The van der Waals surface area contributed by atoms with Crippen LogP contribution < -0.4 is 0 Å². The van der Waals surface area contributed by atoms with E-state index in [0.29, 0.717) is 30.5 Å². The Bertz CT molecular complexity index is 883. The number of quaternary nitrogens is 1. The van der Waals surface area contributed by atoms with Gasteiger partial charge in [-0.25, -0.2) is 0 Å². The van der Waals surface area contributed by atoms with Crippen molar-refractivity contribution in [3.63, 3.8) is 0 Å². The van der Waals surface area contributed by atoms with E-state index in [9.17, 15) is 18.0 Å². The van der Waals surface area contributed by atoms with Crippen molar-refractivity contribution in [2.24, 2.45) is 0 Å². The number of hydrogen-bond donors (Lipinski definition) is 1. The van der Waals surface area contributed by atoms with Crippen LogP contribution in [0.15, 0.2) is 0 Å². The Morgan fingerprint density at radius 2 is 0.920 bits per heavy atom. The lowest BCUT2D eigenvalue weighted by molar-refractivity contribution is -0.890. The van der Waals surface area contributed by atoms with Gasteiger partial charge in [-0.05, 0) is 25.7 Å². The molecule has 0 amide bonds. The predicted molar refractivity (Wildman–Crippen MR) is 208 cm³/mol. The zero-order valence-corrected chi connectivity index (χ0v) is 34.4. The molecule has 298 valence electrons. The number of hydrogen-bond acceptors (Lipinski definition) is 7. The van der Waals surface area contributed by atoms with Crippen molar-refractivity contribution < 1.29 is 36.5 Å². The molecule has 0 bridgehead atoms. The highest BCUT2D eigenvalue weighted by molar-refractivity contribution is 7.85. The van der Waals surface area contributed by atoms with Crippen molar-refractivity contribution in [2.45, 2.75) is 194 Å². The first-order valence-electron chi connectivity index (χ1n) is 20.6. The summed E-state index contributed by atoms with van der Waals surface area (Å²) < 4.78 is 43.9. The second kappa shape index (κ2) is 31.3. The first-order chi connectivity index (χ1) is 23.8. The van der Waals surface area contributed by atoms with E-state index >= 15 is 0 Å². The molecule has 0 heterocycles. The third-order valence-corrected chi connectivity index (χ3v) is 10.6. The fraction of sp³-hybridized carbons (Fsp3) is 0.950. The van der Waals surface area contributed by atoms with Gasteiger partial charge in [-0.2, -0.15) is 8.42 Å². The third-order valence-electron chi connectivity index (χ3n) is 9.75. The van der Waals surface area contributed by atoms with Crippen LogP contribution in [0.5, 0.6) is 0 Å². The van der Waals surface area contributed by atoms with Gasteiger partial charge >= 0.3 is 11.9 Å². The summed E-state index contributed by atoms with van der Waals surface area (Å²) in [4.78, 5) is 26.6. The van der Waals surface area contributed by atoms with Crippen LogP contribution in [0.2, 0.25) is 0 Å². The van der Waals surface area contributed by atoms with Crippen LogP contribution in [0.25, 0.3) is 0 Å². The molecule has 2 atom stereocenters. The molecular formula is C40H81N2O7S+. The number of carbonyl (C=O) groups excluding carboxylic acids is 2. The van der Waals surface area contributed by atoms with Crippen LogP contribution in [-0.2, 0) is 29.2 Å². The van der Waals surface area contributed by atoms with Crippen molar-refractivity contribution in [1.82, 2.24) is 4.90 Å². The van der Waals surface area contributed by atoms with E-state index in [0.717, 1.165) is 58.0 Å². The number of rotatable bonds is 36. The highest BCUT2D eigenvalue weighted by Gasteiger charge is 2.23. The van der Waals surface area contributed by atoms with Crippen LogP contribution >= 0.6 is 0 Å². The van der Waals surface area contributed by atoms with Crippen LogP contribution in [0.3, 0.4) is 0 Å². The monoisotopic (exact) mass is 734 g/mol. The summed E-state index contributed by atoms with van der Waals surface area (Å²) in [6.45, 7) is 10.9. The molecule has 1 N–H and O–H groups in total. The molecule has 50 heavy (non-hydrogen) atoms. The molecule has 0 rings (SSSR count). The molecular weight excluding hydrogens is 653 g/mol. The largest absolute Gasteiger partial charge is 0.461 e. The van der Waals surface area contributed by atoms with E-state index in [4.69, 9.17) is 14.0 Å². The van der Waals surface area contributed by atoms with E-state index < -0.39 is 10.1 Å². The minimum absolute atomic E-state index is 0.214.